The molecule has 0 atom stereocenters. The number of rotatable bonds is 9. The van der Waals surface area contributed by atoms with Crippen LogP contribution in [0.15, 0.2) is 24.3 Å². The van der Waals surface area contributed by atoms with E-state index in [4.69, 9.17) is 9.47 Å². The zero-order valence-electron chi connectivity index (χ0n) is 17.8. The van der Waals surface area contributed by atoms with Crippen molar-refractivity contribution in [1.82, 2.24) is 9.55 Å². The Hall–Kier alpha value is -3.53. The van der Waals surface area contributed by atoms with Crippen LogP contribution >= 0.6 is 0 Å². The van der Waals surface area contributed by atoms with Gasteiger partial charge in [-0.25, -0.2) is 19.1 Å². The predicted octanol–water partition coefficient (Wildman–Crippen LogP) is 2.21. The molecule has 0 unspecified atom stereocenters. The highest BCUT2D eigenvalue weighted by Crippen LogP contribution is 2.22. The Morgan fingerprint density at radius 1 is 1.16 bits per heavy atom. The lowest BCUT2D eigenvalue weighted by atomic mass is 9.94. The maximum Gasteiger partial charge on any atom is 0.350 e. The first-order valence-corrected chi connectivity index (χ1v) is 9.65. The quantitative estimate of drug-likeness (QED) is 0.276. The lowest BCUT2D eigenvalue weighted by molar-refractivity contribution is -0.392. The molecule has 0 fully saturated rings. The molecule has 0 saturated heterocycles. The van der Waals surface area contributed by atoms with E-state index in [1.54, 1.807) is 58.2 Å². The molecule has 1 N–H and O–H groups in total. The maximum atomic E-state index is 12.2. The van der Waals surface area contributed by atoms with Crippen LogP contribution in [-0.4, -0.2) is 50.3 Å². The molecule has 0 aliphatic rings. The van der Waals surface area contributed by atoms with Gasteiger partial charge in [-0.1, -0.05) is 30.3 Å². The first kappa shape index (κ1) is 23.7. The Kier molecular flexibility index (Phi) is 7.65. The maximum absolute atomic E-state index is 12.2. The molecule has 2 rings (SSSR count). The van der Waals surface area contributed by atoms with E-state index in [0.29, 0.717) is 17.0 Å². The van der Waals surface area contributed by atoms with Crippen LogP contribution in [0.1, 0.15) is 36.5 Å². The van der Waals surface area contributed by atoms with Gasteiger partial charge in [0.2, 0.25) is 0 Å². The average Bonchev–Trinajstić information content (AvgIpc) is 3.01. The number of ether oxygens (including phenoxy) is 2. The zero-order valence-corrected chi connectivity index (χ0v) is 17.8. The molecule has 1 heterocycles. The van der Waals surface area contributed by atoms with E-state index < -0.39 is 22.5 Å². The Morgan fingerprint density at radius 2 is 1.71 bits per heavy atom. The number of nitro groups is 1. The van der Waals surface area contributed by atoms with Crippen LogP contribution < -0.4 is 0 Å². The van der Waals surface area contributed by atoms with E-state index in [9.17, 15) is 24.8 Å². The third-order valence-corrected chi connectivity index (χ3v) is 4.59. The molecule has 0 spiro atoms. The highest BCUT2D eigenvalue weighted by atomic mass is 16.6. The number of hydrogen-bond donors (Lipinski definition) is 1. The summed E-state index contributed by atoms with van der Waals surface area (Å²) in [5.74, 6) is -1.75. The number of esters is 2. The fourth-order valence-electron chi connectivity index (χ4n) is 2.90. The SMILES string of the molecule is CCOC(=O)C(O)(Cc1ccc(/C=C/c2nc(C)n(C)c2[N+](=O)[O-])cc1)C(=O)OCC. The van der Waals surface area contributed by atoms with E-state index in [0.717, 1.165) is 0 Å². The topological polar surface area (TPSA) is 134 Å². The normalized spacial score (nSPS) is 11.5. The summed E-state index contributed by atoms with van der Waals surface area (Å²) in [5.41, 5.74) is -1.01. The van der Waals surface area contributed by atoms with Gasteiger partial charge in [-0.05, 0) is 36.0 Å². The molecule has 1 aromatic carbocycles. The molecule has 0 amide bonds. The summed E-state index contributed by atoms with van der Waals surface area (Å²) < 4.78 is 11.1. The molecule has 0 bridgehead atoms. The summed E-state index contributed by atoms with van der Waals surface area (Å²) >= 11 is 0. The highest BCUT2D eigenvalue weighted by Gasteiger charge is 2.47. The fourth-order valence-corrected chi connectivity index (χ4v) is 2.90. The molecule has 31 heavy (non-hydrogen) atoms. The van der Waals surface area contributed by atoms with Gasteiger partial charge in [-0.2, -0.15) is 0 Å². The second kappa shape index (κ2) is 9.98. The number of carbonyl (C=O) groups is 2. The lowest BCUT2D eigenvalue weighted by Crippen LogP contribution is -2.50. The van der Waals surface area contributed by atoms with Crippen molar-refractivity contribution in [2.24, 2.45) is 7.05 Å². The largest absolute Gasteiger partial charge is 0.463 e. The molecule has 166 valence electrons. The number of benzene rings is 1. The van der Waals surface area contributed by atoms with E-state index in [-0.39, 0.29) is 31.1 Å². The molecule has 2 aromatic rings. The molecule has 1 aromatic heterocycles. The number of aliphatic hydroxyl groups is 1. The average molecular weight is 431 g/mol. The third kappa shape index (κ3) is 5.34. The number of nitrogens with zero attached hydrogens (tertiary/aromatic N) is 3. The van der Waals surface area contributed by atoms with Crippen molar-refractivity contribution in [3.63, 3.8) is 0 Å². The first-order valence-electron chi connectivity index (χ1n) is 9.65. The summed E-state index contributed by atoms with van der Waals surface area (Å²) in [5, 5.41) is 21.9. The van der Waals surface area contributed by atoms with Crippen molar-refractivity contribution in [3.05, 3.63) is 57.0 Å². The van der Waals surface area contributed by atoms with Crippen LogP contribution in [0, 0.1) is 17.0 Å². The van der Waals surface area contributed by atoms with E-state index >= 15 is 0 Å². The van der Waals surface area contributed by atoms with Crippen molar-refractivity contribution in [2.75, 3.05) is 13.2 Å². The fraction of sp³-hybridized carbons (Fsp3) is 0.381. The number of hydrogen-bond acceptors (Lipinski definition) is 8. The Balaban J connectivity index is 2.23. The first-order chi connectivity index (χ1) is 14.6. The summed E-state index contributed by atoms with van der Waals surface area (Å²) in [6.07, 6.45) is 2.87. The standard InChI is InChI=1S/C21H25N3O7/c1-5-30-19(25)21(27,20(26)31-6-2)13-16-9-7-15(8-10-16)11-12-17-18(24(28)29)23(4)14(3)22-17/h7-12,27H,5-6,13H2,1-4H3/b12-11+. The molecule has 10 nitrogen and oxygen atoms in total. The van der Waals surface area contributed by atoms with Crippen molar-refractivity contribution in [3.8, 4) is 0 Å². The van der Waals surface area contributed by atoms with Gasteiger partial charge < -0.3 is 24.7 Å². The Bertz CT molecular complexity index is 975. The van der Waals surface area contributed by atoms with Crippen molar-refractivity contribution in [2.45, 2.75) is 32.8 Å². The molecule has 0 radical (unpaired) electrons. The van der Waals surface area contributed by atoms with Crippen LogP contribution in [0.4, 0.5) is 5.82 Å². The second-order valence-electron chi connectivity index (χ2n) is 6.74. The molecule has 0 aliphatic carbocycles. The second-order valence-corrected chi connectivity index (χ2v) is 6.74. The Morgan fingerprint density at radius 3 is 2.19 bits per heavy atom. The highest BCUT2D eigenvalue weighted by molar-refractivity contribution is 6.03. The number of aryl methyl sites for hydroxylation is 1. The Labute approximate surface area is 179 Å². The van der Waals surface area contributed by atoms with Gasteiger partial charge in [0, 0.05) is 13.3 Å². The summed E-state index contributed by atoms with van der Waals surface area (Å²) in [6.45, 7) is 4.82. The van der Waals surface area contributed by atoms with Gasteiger partial charge >= 0.3 is 17.8 Å². The van der Waals surface area contributed by atoms with Crippen molar-refractivity contribution < 1.29 is 29.1 Å². The monoisotopic (exact) mass is 431 g/mol. The van der Waals surface area contributed by atoms with Gasteiger partial charge in [0.25, 0.3) is 5.60 Å². The van der Waals surface area contributed by atoms with Gasteiger partial charge in [0.1, 0.15) is 0 Å². The minimum Gasteiger partial charge on any atom is -0.463 e. The van der Waals surface area contributed by atoms with Crippen LogP contribution in [0.25, 0.3) is 12.2 Å². The van der Waals surface area contributed by atoms with Crippen molar-refractivity contribution >= 4 is 29.9 Å². The van der Waals surface area contributed by atoms with Gasteiger partial charge in [-0.3, -0.25) is 0 Å². The molecular formula is C21H25N3O7. The lowest BCUT2D eigenvalue weighted by Gasteiger charge is -2.23. The minimum absolute atomic E-state index is 0.00339. The molecule has 0 aliphatic heterocycles. The number of imidazole rings is 1. The van der Waals surface area contributed by atoms with Crippen LogP contribution in [-0.2, 0) is 32.5 Å². The summed E-state index contributed by atoms with van der Waals surface area (Å²) in [7, 11) is 1.57. The van der Waals surface area contributed by atoms with Gasteiger partial charge in [0.05, 0.1) is 20.3 Å². The van der Waals surface area contributed by atoms with Crippen LogP contribution in [0.3, 0.4) is 0 Å². The molecule has 0 saturated carbocycles. The van der Waals surface area contributed by atoms with E-state index in [1.165, 1.54) is 10.6 Å². The van der Waals surface area contributed by atoms with E-state index in [2.05, 4.69) is 4.98 Å². The summed E-state index contributed by atoms with van der Waals surface area (Å²) in [4.78, 5) is 39.3. The molecular weight excluding hydrogens is 406 g/mol. The summed E-state index contributed by atoms with van der Waals surface area (Å²) in [6, 6.07) is 6.62. The van der Waals surface area contributed by atoms with Crippen molar-refractivity contribution in [1.29, 1.82) is 0 Å². The van der Waals surface area contributed by atoms with Gasteiger partial charge in [-0.15, -0.1) is 0 Å². The number of aromatic nitrogens is 2. The number of carbonyl (C=O) groups excluding carboxylic acids is 2. The smallest absolute Gasteiger partial charge is 0.350 e. The van der Waals surface area contributed by atoms with Crippen LogP contribution in [0.5, 0.6) is 0 Å². The predicted molar refractivity (Wildman–Crippen MR) is 112 cm³/mol. The van der Waals surface area contributed by atoms with Gasteiger partial charge in [0.15, 0.2) is 11.5 Å². The van der Waals surface area contributed by atoms with E-state index in [1.807, 2.05) is 0 Å². The molecule has 10 heteroatoms. The van der Waals surface area contributed by atoms with Crippen LogP contribution in [0.2, 0.25) is 0 Å². The third-order valence-electron chi connectivity index (χ3n) is 4.59. The zero-order chi connectivity index (χ0) is 23.2. The minimum atomic E-state index is -2.45.